The van der Waals surface area contributed by atoms with Crippen molar-refractivity contribution in [2.75, 3.05) is 0 Å². The van der Waals surface area contributed by atoms with Gasteiger partial charge in [-0.3, -0.25) is 0 Å². The number of benzene rings is 4. The fourth-order valence-corrected chi connectivity index (χ4v) is 8.87. The van der Waals surface area contributed by atoms with Gasteiger partial charge < -0.3 is 4.98 Å². The van der Waals surface area contributed by atoms with Crippen molar-refractivity contribution in [3.05, 3.63) is 139 Å². The van der Waals surface area contributed by atoms with Gasteiger partial charge in [0.15, 0.2) is 0 Å². The van der Waals surface area contributed by atoms with Crippen molar-refractivity contribution < 1.29 is 24.2 Å². The molecule has 0 aliphatic rings. The molecule has 5 heteroatoms. The van der Waals surface area contributed by atoms with Crippen LogP contribution in [0.4, 0.5) is 0 Å². The molecule has 233 valence electrons. The van der Waals surface area contributed by atoms with Crippen molar-refractivity contribution in [1.29, 1.82) is 0 Å². The van der Waals surface area contributed by atoms with E-state index in [1.807, 2.05) is 50.4 Å². The first-order valence-electron chi connectivity index (χ1n) is 16.6. The van der Waals surface area contributed by atoms with E-state index in [1.165, 1.54) is 25.9 Å². The van der Waals surface area contributed by atoms with Gasteiger partial charge in [0.2, 0.25) is 0 Å². The number of aromatic nitrogens is 2. The number of nitrogens with zero attached hydrogens (tertiary/aromatic N) is 2. The predicted octanol–water partition coefficient (Wildman–Crippen LogP) is 11.0. The van der Waals surface area contributed by atoms with Crippen molar-refractivity contribution in [2.45, 2.75) is 43.4 Å². The summed E-state index contributed by atoms with van der Waals surface area (Å²) in [6.45, 7) is 7.44. The summed E-state index contributed by atoms with van der Waals surface area (Å²) < 4.78 is 28.4. The monoisotopic (exact) mass is 860 g/mol. The molecule has 3 aromatic heterocycles. The number of rotatable bonds is 6. The molecule has 0 unspecified atom stereocenters. The molecule has 7 rings (SSSR count). The van der Waals surface area contributed by atoms with Crippen LogP contribution in [0.1, 0.15) is 35.0 Å². The van der Waals surface area contributed by atoms with E-state index in [1.54, 1.807) is 29.7 Å². The summed E-state index contributed by atoms with van der Waals surface area (Å²) in [4.78, 5) is 9.06. The van der Waals surface area contributed by atoms with Crippen LogP contribution < -0.4 is 4.40 Å². The number of thiophene rings is 1. The first kappa shape index (κ1) is 30.0. The van der Waals surface area contributed by atoms with Gasteiger partial charge in [-0.25, -0.2) is 0 Å². The Balaban J connectivity index is 0.000000233. The van der Waals surface area contributed by atoms with E-state index in [-0.39, 0.29) is 20.1 Å². The van der Waals surface area contributed by atoms with Gasteiger partial charge >= 0.3 is 99.8 Å². The standard InChI is InChI=1S/C27H22NS.C14H16GeN.Ir/c1-4-6-18-13-14-28-25(15-18)24-8-5-7-22-23-12-10-20-16-19(17(2)3)9-11-21(20)26(23)29-27(22)24;1-15(2,3)13-9-10-14(16-11-13)12-7-5-4-6-8-12;/h4-5,7,9-17H,1,6H2,2-3H3;4-7,9-11H,1-3H3;/q2*-1;/i6D2,17D;;. The average Bonchev–Trinajstić information content (AvgIpc) is 3.47. The zero-order chi connectivity index (χ0) is 34.3. The van der Waals surface area contributed by atoms with E-state index in [9.17, 15) is 0 Å². The molecule has 0 N–H and O–H groups in total. The summed E-state index contributed by atoms with van der Waals surface area (Å²) in [5.41, 5.74) is 5.18. The van der Waals surface area contributed by atoms with E-state index >= 15 is 0 Å². The largest absolute Gasteiger partial charge is 0 e. The quantitative estimate of drug-likeness (QED) is 0.0946. The maximum atomic E-state index is 8.36. The van der Waals surface area contributed by atoms with Gasteiger partial charge in [0, 0.05) is 35.1 Å². The fraction of sp³-hybridized carbons (Fsp3) is 0.171. The van der Waals surface area contributed by atoms with Gasteiger partial charge in [-0.05, 0) is 56.0 Å². The fourth-order valence-electron chi connectivity index (χ4n) is 5.35. The Hall–Kier alpha value is -3.41. The number of fused-ring (bicyclic) bond motifs is 5. The van der Waals surface area contributed by atoms with Crippen LogP contribution in [0, 0.1) is 12.1 Å². The van der Waals surface area contributed by atoms with E-state index in [2.05, 4.69) is 94.5 Å². The van der Waals surface area contributed by atoms with E-state index < -0.39 is 25.5 Å². The van der Waals surface area contributed by atoms with Crippen LogP contribution in [0.25, 0.3) is 53.5 Å². The molecule has 0 atom stereocenters. The molecule has 0 aliphatic carbocycles. The molecule has 4 aromatic carbocycles. The summed E-state index contributed by atoms with van der Waals surface area (Å²) in [5.74, 6) is 6.50. The minimum absolute atomic E-state index is 0. The molecule has 46 heavy (non-hydrogen) atoms. The third kappa shape index (κ3) is 7.26. The van der Waals surface area contributed by atoms with Gasteiger partial charge in [0.05, 0.1) is 0 Å². The molecule has 7 aromatic rings. The minimum Gasteiger partial charge on any atom is 0 e. The van der Waals surface area contributed by atoms with Crippen LogP contribution in [0.5, 0.6) is 0 Å². The topological polar surface area (TPSA) is 25.8 Å². The average molecular weight is 859 g/mol. The smallest absolute Gasteiger partial charge is 0 e. The van der Waals surface area contributed by atoms with Crippen LogP contribution in [-0.2, 0) is 26.5 Å². The molecule has 0 amide bonds. The normalized spacial score (nSPS) is 12.8. The first-order valence-corrected chi connectivity index (χ1v) is 23.3. The van der Waals surface area contributed by atoms with E-state index in [4.69, 9.17) is 4.11 Å². The molecule has 0 fully saturated rings. The van der Waals surface area contributed by atoms with E-state index in [0.29, 0.717) is 11.3 Å². The number of hydrogen-bond donors (Lipinski definition) is 0. The summed E-state index contributed by atoms with van der Waals surface area (Å²) in [5, 5.41) is 4.63. The summed E-state index contributed by atoms with van der Waals surface area (Å²) in [7, 11) is 0. The zero-order valence-corrected chi connectivity index (χ0v) is 32.0. The van der Waals surface area contributed by atoms with Crippen LogP contribution in [-0.4, -0.2) is 23.2 Å². The maximum absolute atomic E-state index is 8.36. The molecule has 0 spiro atoms. The third-order valence-corrected chi connectivity index (χ3v) is 13.4. The van der Waals surface area contributed by atoms with Crippen LogP contribution in [0.3, 0.4) is 0 Å². The SMILES string of the molecule is [2H]C(C)(C)c1ccc2c(ccc3c4cc[c-]c(-c5cc(C([2H])([2H])C=C)ccn5)c4sc23)c1.[CH3][Ge]([CH3])([CH3])[c]1ccc(-c2[c-]cccc2)nc1.[Ir]. The molecule has 0 saturated heterocycles. The van der Waals surface area contributed by atoms with Crippen molar-refractivity contribution >= 4 is 59.9 Å². The van der Waals surface area contributed by atoms with Crippen LogP contribution >= 0.6 is 11.3 Å². The second kappa shape index (κ2) is 14.6. The predicted molar refractivity (Wildman–Crippen MR) is 198 cm³/mol. The Labute approximate surface area is 297 Å². The molecule has 1 radical (unpaired) electrons. The van der Waals surface area contributed by atoms with Crippen molar-refractivity contribution in [3.8, 4) is 22.5 Å². The zero-order valence-electron chi connectivity index (χ0n) is 29.7. The Kier molecular flexibility index (Phi) is 9.49. The van der Waals surface area contributed by atoms with Gasteiger partial charge in [0.1, 0.15) is 0 Å². The van der Waals surface area contributed by atoms with E-state index in [0.717, 1.165) is 37.9 Å². The third-order valence-electron chi connectivity index (χ3n) is 7.89. The summed E-state index contributed by atoms with van der Waals surface area (Å²) in [6.07, 6.45) is 3.38. The molecular weight excluding hydrogens is 817 g/mol. The molecule has 2 nitrogen and oxygen atoms in total. The molecule has 0 saturated carbocycles. The first-order chi connectivity index (χ1) is 22.8. The van der Waals surface area contributed by atoms with Crippen LogP contribution in [0.15, 0.2) is 116 Å². The van der Waals surface area contributed by atoms with Crippen LogP contribution in [0.2, 0.25) is 17.3 Å². The number of allylic oxidation sites excluding steroid dienone is 1. The Morgan fingerprint density at radius 2 is 1.67 bits per heavy atom. The van der Waals surface area contributed by atoms with Gasteiger partial charge in [-0.1, -0.05) is 61.7 Å². The molecule has 0 aliphatic heterocycles. The van der Waals surface area contributed by atoms with Crippen molar-refractivity contribution in [1.82, 2.24) is 9.97 Å². The molecule has 3 heterocycles. The Morgan fingerprint density at radius 1 is 0.870 bits per heavy atom. The van der Waals surface area contributed by atoms with Gasteiger partial charge in [-0.15, -0.1) is 30.3 Å². The molecular formula is C41H38GeIrN2S-2. The van der Waals surface area contributed by atoms with Gasteiger partial charge in [0.25, 0.3) is 0 Å². The number of hydrogen-bond acceptors (Lipinski definition) is 3. The van der Waals surface area contributed by atoms with Crippen molar-refractivity contribution in [3.63, 3.8) is 0 Å². The minimum atomic E-state index is -1.72. The van der Waals surface area contributed by atoms with Crippen molar-refractivity contribution in [2.24, 2.45) is 0 Å². The molecule has 0 bridgehead atoms. The number of pyridine rings is 2. The summed E-state index contributed by atoms with van der Waals surface area (Å²) in [6, 6.07) is 36.9. The maximum Gasteiger partial charge on any atom is 0 e. The second-order valence-corrected chi connectivity index (χ2v) is 24.0. The Bertz CT molecular complexity index is 2250. The Morgan fingerprint density at radius 3 is 2.37 bits per heavy atom. The van der Waals surface area contributed by atoms with Gasteiger partial charge in [-0.2, -0.15) is 11.3 Å². The second-order valence-electron chi connectivity index (χ2n) is 12.3. The summed E-state index contributed by atoms with van der Waals surface area (Å²) >= 11 is -0.00285.